The van der Waals surface area contributed by atoms with Crippen LogP contribution in [0.2, 0.25) is 0 Å². The van der Waals surface area contributed by atoms with Crippen molar-refractivity contribution in [3.63, 3.8) is 0 Å². The molecular weight excluding hydrogens is 372 g/mol. The summed E-state index contributed by atoms with van der Waals surface area (Å²) >= 11 is 0. The molecule has 0 radical (unpaired) electrons. The van der Waals surface area contributed by atoms with Crippen LogP contribution in [0.3, 0.4) is 0 Å². The fourth-order valence-corrected chi connectivity index (χ4v) is 4.58. The molecule has 0 bridgehead atoms. The molecule has 1 N–H and O–H groups in total. The van der Waals surface area contributed by atoms with E-state index in [0.717, 1.165) is 0 Å². The van der Waals surface area contributed by atoms with Crippen molar-refractivity contribution in [1.29, 1.82) is 0 Å². The van der Waals surface area contributed by atoms with Crippen molar-refractivity contribution in [3.05, 3.63) is 48.0 Å². The van der Waals surface area contributed by atoms with Gasteiger partial charge in [0.15, 0.2) is 11.5 Å². The Morgan fingerprint density at radius 2 is 1.74 bits per heavy atom. The van der Waals surface area contributed by atoms with Gasteiger partial charge in [0.2, 0.25) is 5.91 Å². The summed E-state index contributed by atoms with van der Waals surface area (Å²) in [5.74, 6) is -0.482. The SMILES string of the molecule is COc1ccc(NC(=O)[C@@H](C)N2C(=O)c3ccccc3S2(=O)=O)cc1OC. The number of methoxy groups -OCH3 is 2. The fraction of sp³-hybridized carbons (Fsp3) is 0.222. The van der Waals surface area contributed by atoms with Gasteiger partial charge < -0.3 is 14.8 Å². The van der Waals surface area contributed by atoms with Gasteiger partial charge in [-0.2, -0.15) is 0 Å². The lowest BCUT2D eigenvalue weighted by Gasteiger charge is -2.22. The van der Waals surface area contributed by atoms with E-state index in [9.17, 15) is 18.0 Å². The third-order valence-electron chi connectivity index (χ3n) is 4.24. The van der Waals surface area contributed by atoms with Gasteiger partial charge in [-0.1, -0.05) is 12.1 Å². The first-order valence-electron chi connectivity index (χ1n) is 8.02. The second kappa shape index (κ2) is 6.92. The highest BCUT2D eigenvalue weighted by molar-refractivity contribution is 7.90. The number of sulfonamides is 1. The maximum absolute atomic E-state index is 12.7. The van der Waals surface area contributed by atoms with E-state index in [1.807, 2.05) is 0 Å². The Balaban J connectivity index is 1.86. The molecule has 0 saturated carbocycles. The monoisotopic (exact) mass is 390 g/mol. The van der Waals surface area contributed by atoms with Crippen LogP contribution in [0, 0.1) is 0 Å². The van der Waals surface area contributed by atoms with Crippen LogP contribution >= 0.6 is 0 Å². The van der Waals surface area contributed by atoms with Crippen molar-refractivity contribution in [3.8, 4) is 11.5 Å². The Bertz CT molecular complexity index is 1020. The molecule has 0 fully saturated rings. The summed E-state index contributed by atoms with van der Waals surface area (Å²) in [4.78, 5) is 25.0. The molecule has 142 valence electrons. The number of anilines is 1. The number of ether oxygens (including phenoxy) is 2. The molecule has 3 rings (SSSR count). The summed E-state index contributed by atoms with van der Waals surface area (Å²) in [6.45, 7) is 1.36. The third kappa shape index (κ3) is 3.10. The molecule has 0 unspecified atom stereocenters. The molecule has 1 atom stereocenters. The largest absolute Gasteiger partial charge is 0.493 e. The molecule has 9 heteroatoms. The van der Waals surface area contributed by atoms with E-state index in [2.05, 4.69) is 5.32 Å². The first-order valence-corrected chi connectivity index (χ1v) is 9.46. The first-order chi connectivity index (χ1) is 12.8. The van der Waals surface area contributed by atoms with Crippen LogP contribution in [0.1, 0.15) is 17.3 Å². The number of fused-ring (bicyclic) bond motifs is 1. The molecular formula is C18H18N2O6S. The zero-order valence-corrected chi connectivity index (χ0v) is 15.7. The minimum absolute atomic E-state index is 0.0586. The van der Waals surface area contributed by atoms with Gasteiger partial charge in [0.1, 0.15) is 10.9 Å². The lowest BCUT2D eigenvalue weighted by atomic mass is 10.2. The van der Waals surface area contributed by atoms with Crippen molar-refractivity contribution in [2.75, 3.05) is 19.5 Å². The number of carbonyl (C=O) groups is 2. The first kappa shape index (κ1) is 18.7. The molecule has 2 aromatic rings. The summed E-state index contributed by atoms with van der Waals surface area (Å²) in [6, 6.07) is 9.37. The molecule has 0 aliphatic carbocycles. The molecule has 0 aromatic heterocycles. The predicted molar refractivity (Wildman–Crippen MR) is 97.4 cm³/mol. The summed E-state index contributed by atoms with van der Waals surface area (Å²) < 4.78 is 36.2. The van der Waals surface area contributed by atoms with Crippen molar-refractivity contribution in [2.45, 2.75) is 17.9 Å². The van der Waals surface area contributed by atoms with E-state index in [-0.39, 0.29) is 10.5 Å². The van der Waals surface area contributed by atoms with E-state index < -0.39 is 27.9 Å². The van der Waals surface area contributed by atoms with Gasteiger partial charge in [-0.3, -0.25) is 9.59 Å². The maximum Gasteiger partial charge on any atom is 0.269 e. The summed E-state index contributed by atoms with van der Waals surface area (Å²) in [7, 11) is -1.13. The highest BCUT2D eigenvalue weighted by atomic mass is 32.2. The van der Waals surface area contributed by atoms with Crippen molar-refractivity contribution < 1.29 is 27.5 Å². The maximum atomic E-state index is 12.7. The Kier molecular flexibility index (Phi) is 4.79. The van der Waals surface area contributed by atoms with Gasteiger partial charge in [-0.15, -0.1) is 0 Å². The molecule has 0 saturated heterocycles. The fourth-order valence-electron chi connectivity index (χ4n) is 2.85. The number of benzene rings is 2. The van der Waals surface area contributed by atoms with Crippen molar-refractivity contribution in [1.82, 2.24) is 4.31 Å². The van der Waals surface area contributed by atoms with Gasteiger partial charge >= 0.3 is 0 Å². The van der Waals surface area contributed by atoms with E-state index in [0.29, 0.717) is 21.5 Å². The molecule has 8 nitrogen and oxygen atoms in total. The smallest absolute Gasteiger partial charge is 0.269 e. The molecule has 2 amide bonds. The van der Waals surface area contributed by atoms with Crippen LogP contribution < -0.4 is 14.8 Å². The van der Waals surface area contributed by atoms with E-state index in [1.54, 1.807) is 24.3 Å². The van der Waals surface area contributed by atoms with E-state index in [1.165, 1.54) is 39.3 Å². The van der Waals surface area contributed by atoms with Gasteiger partial charge in [0.05, 0.1) is 19.8 Å². The molecule has 1 aliphatic heterocycles. The van der Waals surface area contributed by atoms with Gasteiger partial charge in [-0.05, 0) is 31.2 Å². The number of nitrogens with zero attached hydrogens (tertiary/aromatic N) is 1. The van der Waals surface area contributed by atoms with Crippen LogP contribution in [-0.4, -0.2) is 44.8 Å². The molecule has 0 spiro atoms. The minimum Gasteiger partial charge on any atom is -0.493 e. The number of nitrogens with one attached hydrogen (secondary N) is 1. The Hall–Kier alpha value is -3.07. The molecule has 1 aliphatic rings. The number of carbonyl (C=O) groups excluding carboxylic acids is 2. The molecule has 27 heavy (non-hydrogen) atoms. The van der Waals surface area contributed by atoms with Crippen molar-refractivity contribution >= 4 is 27.5 Å². The topological polar surface area (TPSA) is 102 Å². The summed E-state index contributed by atoms with van der Waals surface area (Å²) in [6.07, 6.45) is 0. The quantitative estimate of drug-likeness (QED) is 0.836. The lowest BCUT2D eigenvalue weighted by molar-refractivity contribution is -0.118. The number of hydrogen-bond acceptors (Lipinski definition) is 6. The zero-order chi connectivity index (χ0) is 19.8. The number of hydrogen-bond donors (Lipinski definition) is 1. The van der Waals surface area contributed by atoms with Crippen LogP contribution in [-0.2, 0) is 14.8 Å². The van der Waals surface area contributed by atoms with Gasteiger partial charge in [0, 0.05) is 11.8 Å². The van der Waals surface area contributed by atoms with Crippen molar-refractivity contribution in [2.24, 2.45) is 0 Å². The summed E-state index contributed by atoms with van der Waals surface area (Å²) in [5.41, 5.74) is 0.439. The normalized spacial score (nSPS) is 15.8. The van der Waals surface area contributed by atoms with Crippen LogP contribution in [0.25, 0.3) is 0 Å². The van der Waals surface area contributed by atoms with Gasteiger partial charge in [0.25, 0.3) is 15.9 Å². The second-order valence-corrected chi connectivity index (χ2v) is 7.62. The Morgan fingerprint density at radius 1 is 1.07 bits per heavy atom. The van der Waals surface area contributed by atoms with Crippen LogP contribution in [0.15, 0.2) is 47.4 Å². The lowest BCUT2D eigenvalue weighted by Crippen LogP contribution is -2.45. The molecule has 1 heterocycles. The minimum atomic E-state index is -4.08. The Labute approximate surface area is 156 Å². The van der Waals surface area contributed by atoms with E-state index >= 15 is 0 Å². The number of rotatable bonds is 5. The summed E-state index contributed by atoms with van der Waals surface area (Å²) in [5, 5.41) is 2.60. The third-order valence-corrected chi connectivity index (χ3v) is 6.15. The van der Waals surface area contributed by atoms with Gasteiger partial charge in [-0.25, -0.2) is 12.7 Å². The number of amides is 2. The predicted octanol–water partition coefficient (Wildman–Crippen LogP) is 1.88. The molecule has 2 aromatic carbocycles. The van der Waals surface area contributed by atoms with Crippen LogP contribution in [0.4, 0.5) is 5.69 Å². The van der Waals surface area contributed by atoms with Crippen LogP contribution in [0.5, 0.6) is 11.5 Å². The average molecular weight is 390 g/mol. The second-order valence-electron chi connectivity index (χ2n) is 5.84. The highest BCUT2D eigenvalue weighted by Crippen LogP contribution is 2.33. The highest BCUT2D eigenvalue weighted by Gasteiger charge is 2.45. The average Bonchev–Trinajstić information content (AvgIpc) is 2.87. The zero-order valence-electron chi connectivity index (χ0n) is 14.9. The van der Waals surface area contributed by atoms with E-state index in [4.69, 9.17) is 9.47 Å². The standard InChI is InChI=1S/C18H18N2O6S/c1-11(17(21)19-12-8-9-14(25-2)15(10-12)26-3)20-18(22)13-6-4-5-7-16(13)27(20,23)24/h4-11H,1-3H3,(H,19,21)/t11-/m1/s1. The Morgan fingerprint density at radius 3 is 2.37 bits per heavy atom.